The van der Waals surface area contributed by atoms with Crippen LogP contribution in [0.4, 0.5) is 0 Å². The zero-order valence-corrected chi connectivity index (χ0v) is 11.1. The molecule has 1 saturated carbocycles. The molecule has 1 aliphatic carbocycles. The molecule has 0 radical (unpaired) electrons. The van der Waals surface area contributed by atoms with E-state index in [9.17, 15) is 4.79 Å². The van der Waals surface area contributed by atoms with Crippen LogP contribution in [-0.4, -0.2) is 16.0 Å². The molecule has 0 unspecified atom stereocenters. The van der Waals surface area contributed by atoms with Gasteiger partial charge in [0.15, 0.2) is 0 Å². The molecule has 2 rings (SSSR count). The second-order valence-electron chi connectivity index (χ2n) is 5.49. The van der Waals surface area contributed by atoms with Crippen LogP contribution in [0.5, 0.6) is 0 Å². The summed E-state index contributed by atoms with van der Waals surface area (Å²) >= 11 is 0. The molecular formula is C14H23N3O. The third-order valence-electron chi connectivity index (χ3n) is 3.88. The van der Waals surface area contributed by atoms with Crippen molar-refractivity contribution in [2.45, 2.75) is 50.6 Å². The van der Waals surface area contributed by atoms with Crippen molar-refractivity contribution in [1.82, 2.24) is 9.88 Å². The molecule has 1 amide bonds. The van der Waals surface area contributed by atoms with Gasteiger partial charge in [0.05, 0.1) is 6.54 Å². The van der Waals surface area contributed by atoms with Gasteiger partial charge in [0.1, 0.15) is 0 Å². The third kappa shape index (κ3) is 3.35. The molecular weight excluding hydrogens is 226 g/mol. The quantitative estimate of drug-likeness (QED) is 0.853. The topological polar surface area (TPSA) is 60.0 Å². The molecule has 1 aromatic rings. The molecule has 1 aromatic heterocycles. The van der Waals surface area contributed by atoms with Gasteiger partial charge in [-0.25, -0.2) is 0 Å². The SMILES string of the molecule is Cn1cccc1CNC(=O)CC1(N)CCCCC1. The lowest BCUT2D eigenvalue weighted by Crippen LogP contribution is -2.45. The minimum atomic E-state index is -0.267. The number of carbonyl (C=O) groups excluding carboxylic acids is 1. The van der Waals surface area contributed by atoms with Crippen molar-refractivity contribution in [3.8, 4) is 0 Å². The first kappa shape index (κ1) is 13.1. The van der Waals surface area contributed by atoms with Crippen LogP contribution in [0.25, 0.3) is 0 Å². The Hall–Kier alpha value is -1.29. The highest BCUT2D eigenvalue weighted by Gasteiger charge is 2.29. The van der Waals surface area contributed by atoms with Crippen LogP contribution in [0.1, 0.15) is 44.2 Å². The van der Waals surface area contributed by atoms with Gasteiger partial charge in [0.25, 0.3) is 0 Å². The molecule has 0 atom stereocenters. The number of aromatic nitrogens is 1. The van der Waals surface area contributed by atoms with Gasteiger partial charge >= 0.3 is 0 Å². The summed E-state index contributed by atoms with van der Waals surface area (Å²) in [5.41, 5.74) is 7.11. The standard InChI is InChI=1S/C14H23N3O/c1-17-9-5-6-12(17)11-16-13(18)10-14(15)7-3-2-4-8-14/h5-6,9H,2-4,7-8,10-11,15H2,1H3,(H,16,18). The largest absolute Gasteiger partial charge is 0.353 e. The molecule has 4 heteroatoms. The van der Waals surface area contributed by atoms with Crippen LogP contribution >= 0.6 is 0 Å². The number of nitrogens with one attached hydrogen (secondary N) is 1. The van der Waals surface area contributed by atoms with E-state index in [1.807, 2.05) is 29.9 Å². The fraction of sp³-hybridized carbons (Fsp3) is 0.643. The van der Waals surface area contributed by atoms with Crippen LogP contribution in [0.15, 0.2) is 18.3 Å². The molecule has 1 fully saturated rings. The van der Waals surface area contributed by atoms with Crippen molar-refractivity contribution in [2.75, 3.05) is 0 Å². The monoisotopic (exact) mass is 249 g/mol. The van der Waals surface area contributed by atoms with Gasteiger partial charge in [-0.1, -0.05) is 19.3 Å². The number of amides is 1. The molecule has 1 heterocycles. The Bertz CT molecular complexity index is 405. The van der Waals surface area contributed by atoms with Crippen LogP contribution in [-0.2, 0) is 18.4 Å². The van der Waals surface area contributed by atoms with Crippen molar-refractivity contribution < 1.29 is 4.79 Å². The summed E-state index contributed by atoms with van der Waals surface area (Å²) < 4.78 is 2.01. The van der Waals surface area contributed by atoms with Crippen LogP contribution in [0.2, 0.25) is 0 Å². The molecule has 18 heavy (non-hydrogen) atoms. The summed E-state index contributed by atoms with van der Waals surface area (Å²) in [6.07, 6.45) is 7.95. The van der Waals surface area contributed by atoms with Gasteiger partial charge in [0, 0.05) is 30.9 Å². The Morgan fingerprint density at radius 2 is 2.17 bits per heavy atom. The van der Waals surface area contributed by atoms with Gasteiger partial charge in [0.2, 0.25) is 5.91 Å². The van der Waals surface area contributed by atoms with E-state index in [0.29, 0.717) is 13.0 Å². The summed E-state index contributed by atoms with van der Waals surface area (Å²) in [5, 5.41) is 2.96. The van der Waals surface area contributed by atoms with Gasteiger partial charge in [-0.05, 0) is 25.0 Å². The predicted octanol–water partition coefficient (Wildman–Crippen LogP) is 1.69. The highest BCUT2D eigenvalue weighted by Crippen LogP contribution is 2.28. The Kier molecular flexibility index (Phi) is 4.07. The van der Waals surface area contributed by atoms with Crippen molar-refractivity contribution in [2.24, 2.45) is 12.8 Å². The third-order valence-corrected chi connectivity index (χ3v) is 3.88. The van der Waals surface area contributed by atoms with Crippen molar-refractivity contribution >= 4 is 5.91 Å². The molecule has 0 spiro atoms. The number of hydrogen-bond donors (Lipinski definition) is 2. The highest BCUT2D eigenvalue weighted by molar-refractivity contribution is 5.77. The lowest BCUT2D eigenvalue weighted by molar-refractivity contribution is -0.122. The van der Waals surface area contributed by atoms with E-state index in [4.69, 9.17) is 5.73 Å². The molecule has 4 nitrogen and oxygen atoms in total. The summed E-state index contributed by atoms with van der Waals surface area (Å²) in [5.74, 6) is 0.0700. The Morgan fingerprint density at radius 3 is 2.78 bits per heavy atom. The van der Waals surface area contributed by atoms with Crippen molar-refractivity contribution in [3.05, 3.63) is 24.0 Å². The molecule has 0 bridgehead atoms. The maximum absolute atomic E-state index is 11.9. The first-order valence-electron chi connectivity index (χ1n) is 6.75. The van der Waals surface area contributed by atoms with Crippen molar-refractivity contribution in [1.29, 1.82) is 0 Å². The van der Waals surface area contributed by atoms with Gasteiger partial charge in [-0.15, -0.1) is 0 Å². The molecule has 0 aromatic carbocycles. The summed E-state index contributed by atoms with van der Waals surface area (Å²) in [7, 11) is 1.98. The fourth-order valence-electron chi connectivity index (χ4n) is 2.68. The number of hydrogen-bond acceptors (Lipinski definition) is 2. The maximum Gasteiger partial charge on any atom is 0.222 e. The number of nitrogens with zero attached hydrogens (tertiary/aromatic N) is 1. The highest BCUT2D eigenvalue weighted by atomic mass is 16.1. The summed E-state index contributed by atoms with van der Waals surface area (Å²) in [6.45, 7) is 0.582. The zero-order valence-electron chi connectivity index (χ0n) is 11.1. The normalized spacial score (nSPS) is 18.6. The Morgan fingerprint density at radius 1 is 1.44 bits per heavy atom. The van der Waals surface area contributed by atoms with Gasteiger partial charge < -0.3 is 15.6 Å². The van der Waals surface area contributed by atoms with E-state index < -0.39 is 0 Å². The molecule has 0 aliphatic heterocycles. The van der Waals surface area contributed by atoms with E-state index in [0.717, 1.165) is 31.4 Å². The lowest BCUT2D eigenvalue weighted by atomic mass is 9.80. The Labute approximate surface area is 109 Å². The smallest absolute Gasteiger partial charge is 0.222 e. The molecule has 3 N–H and O–H groups in total. The number of aryl methyl sites for hydroxylation is 1. The average Bonchev–Trinajstić information content (AvgIpc) is 2.72. The number of rotatable bonds is 4. The van der Waals surface area contributed by atoms with Crippen LogP contribution in [0, 0.1) is 0 Å². The lowest BCUT2D eigenvalue weighted by Gasteiger charge is -2.32. The number of carbonyl (C=O) groups is 1. The van der Waals surface area contributed by atoms with E-state index >= 15 is 0 Å². The molecule has 0 saturated heterocycles. The minimum Gasteiger partial charge on any atom is -0.353 e. The van der Waals surface area contributed by atoms with E-state index in [-0.39, 0.29) is 11.4 Å². The first-order chi connectivity index (χ1) is 8.59. The second kappa shape index (κ2) is 5.57. The molecule has 100 valence electrons. The van der Waals surface area contributed by atoms with Crippen molar-refractivity contribution in [3.63, 3.8) is 0 Å². The van der Waals surface area contributed by atoms with E-state index in [2.05, 4.69) is 5.32 Å². The fourth-order valence-corrected chi connectivity index (χ4v) is 2.68. The predicted molar refractivity (Wildman–Crippen MR) is 71.9 cm³/mol. The van der Waals surface area contributed by atoms with E-state index in [1.54, 1.807) is 0 Å². The first-order valence-corrected chi connectivity index (χ1v) is 6.75. The Balaban J connectivity index is 1.80. The average molecular weight is 249 g/mol. The van der Waals surface area contributed by atoms with Gasteiger partial charge in [-0.2, -0.15) is 0 Å². The molecule has 1 aliphatic rings. The minimum absolute atomic E-state index is 0.0700. The van der Waals surface area contributed by atoms with Crippen LogP contribution < -0.4 is 11.1 Å². The second-order valence-corrected chi connectivity index (χ2v) is 5.49. The summed E-state index contributed by atoms with van der Waals surface area (Å²) in [4.78, 5) is 11.9. The number of nitrogens with two attached hydrogens (primary N) is 1. The van der Waals surface area contributed by atoms with E-state index in [1.165, 1.54) is 6.42 Å². The summed E-state index contributed by atoms with van der Waals surface area (Å²) in [6, 6.07) is 3.99. The zero-order chi connectivity index (χ0) is 13.0. The maximum atomic E-state index is 11.9. The van der Waals surface area contributed by atoms with Gasteiger partial charge in [-0.3, -0.25) is 4.79 Å². The van der Waals surface area contributed by atoms with Crippen LogP contribution in [0.3, 0.4) is 0 Å².